The third kappa shape index (κ3) is 3.18. The Bertz CT molecular complexity index is 124. The van der Waals surface area contributed by atoms with Gasteiger partial charge in [0.25, 0.3) is 0 Å². The Morgan fingerprint density at radius 3 is 2.42 bits per heavy atom. The fourth-order valence-corrected chi connectivity index (χ4v) is 2.50. The molecule has 0 bridgehead atoms. The van der Waals surface area contributed by atoms with Crippen LogP contribution >= 0.6 is 22.6 Å². The maximum absolute atomic E-state index is 5.11. The van der Waals surface area contributed by atoms with Gasteiger partial charge < -0.3 is 4.74 Å². The van der Waals surface area contributed by atoms with Crippen molar-refractivity contribution < 1.29 is 4.74 Å². The highest BCUT2D eigenvalue weighted by Crippen LogP contribution is 2.26. The smallest absolute Gasteiger partial charge is 0.0986 e. The van der Waals surface area contributed by atoms with E-state index in [9.17, 15) is 0 Å². The van der Waals surface area contributed by atoms with Gasteiger partial charge in [-0.3, -0.25) is 4.90 Å². The van der Waals surface area contributed by atoms with Crippen molar-refractivity contribution >= 4 is 22.6 Å². The van der Waals surface area contributed by atoms with Crippen LogP contribution < -0.4 is 0 Å². The van der Waals surface area contributed by atoms with Crippen molar-refractivity contribution in [3.8, 4) is 0 Å². The molecular weight excluding hydrogens is 265 g/mol. The minimum atomic E-state index is 0.760. The third-order valence-corrected chi connectivity index (χ3v) is 3.83. The molecule has 0 aromatic heterocycles. The summed E-state index contributed by atoms with van der Waals surface area (Å²) in [5.41, 5.74) is 0. The van der Waals surface area contributed by atoms with Gasteiger partial charge in [0.05, 0.1) is 6.73 Å². The number of halogens is 1. The van der Waals surface area contributed by atoms with Crippen LogP contribution in [0, 0.1) is 0 Å². The standard InChI is InChI=1S/C9H18INO/c1-11(7-12-2)9-5-3-8(10)4-6-9/h8-9H,3-7H2,1-2H3. The van der Waals surface area contributed by atoms with E-state index in [1.54, 1.807) is 7.11 Å². The lowest BCUT2D eigenvalue weighted by atomic mass is 9.95. The largest absolute Gasteiger partial charge is 0.369 e. The summed E-state index contributed by atoms with van der Waals surface area (Å²) in [4.78, 5) is 2.32. The number of hydrogen-bond acceptors (Lipinski definition) is 2. The van der Waals surface area contributed by atoms with Gasteiger partial charge in [-0.1, -0.05) is 22.6 Å². The molecule has 0 radical (unpaired) electrons. The molecule has 1 aliphatic carbocycles. The molecule has 0 saturated heterocycles. The van der Waals surface area contributed by atoms with E-state index < -0.39 is 0 Å². The fourth-order valence-electron chi connectivity index (χ4n) is 1.78. The van der Waals surface area contributed by atoms with Gasteiger partial charge in [0.2, 0.25) is 0 Å². The molecule has 72 valence electrons. The first-order valence-electron chi connectivity index (χ1n) is 4.57. The summed E-state index contributed by atoms with van der Waals surface area (Å²) in [6.07, 6.45) is 5.43. The predicted molar refractivity (Wildman–Crippen MR) is 59.7 cm³/mol. The van der Waals surface area contributed by atoms with E-state index in [0.717, 1.165) is 16.7 Å². The Kier molecular flexibility index (Phi) is 4.82. The molecule has 1 saturated carbocycles. The molecule has 3 heteroatoms. The molecule has 1 rings (SSSR count). The van der Waals surface area contributed by atoms with Crippen molar-refractivity contribution in [2.45, 2.75) is 35.6 Å². The van der Waals surface area contributed by atoms with Crippen molar-refractivity contribution in [3.05, 3.63) is 0 Å². The normalized spacial score (nSPS) is 31.0. The van der Waals surface area contributed by atoms with Crippen LogP contribution in [0.25, 0.3) is 0 Å². The highest BCUT2D eigenvalue weighted by atomic mass is 127. The van der Waals surface area contributed by atoms with E-state index in [-0.39, 0.29) is 0 Å². The minimum absolute atomic E-state index is 0.760. The first kappa shape index (κ1) is 10.7. The average Bonchev–Trinajstić information content (AvgIpc) is 2.06. The van der Waals surface area contributed by atoms with Crippen molar-refractivity contribution in [2.75, 3.05) is 20.9 Å². The Morgan fingerprint density at radius 2 is 1.92 bits per heavy atom. The van der Waals surface area contributed by atoms with Crippen LogP contribution in [0.5, 0.6) is 0 Å². The molecule has 0 amide bonds. The zero-order valence-electron chi connectivity index (χ0n) is 7.92. The average molecular weight is 283 g/mol. The van der Waals surface area contributed by atoms with E-state index in [2.05, 4.69) is 34.5 Å². The van der Waals surface area contributed by atoms with Crippen molar-refractivity contribution in [1.29, 1.82) is 0 Å². The lowest BCUT2D eigenvalue weighted by Crippen LogP contribution is -2.36. The summed E-state index contributed by atoms with van der Waals surface area (Å²) < 4.78 is 6.02. The van der Waals surface area contributed by atoms with Gasteiger partial charge in [-0.25, -0.2) is 0 Å². The predicted octanol–water partition coefficient (Wildman–Crippen LogP) is 2.27. The number of ether oxygens (including phenoxy) is 1. The second-order valence-electron chi connectivity index (χ2n) is 3.58. The van der Waals surface area contributed by atoms with Crippen molar-refractivity contribution in [3.63, 3.8) is 0 Å². The summed E-state index contributed by atoms with van der Waals surface area (Å²) in [6, 6.07) is 0.760. The van der Waals surface area contributed by atoms with Gasteiger partial charge >= 0.3 is 0 Å². The fraction of sp³-hybridized carbons (Fsp3) is 1.00. The van der Waals surface area contributed by atoms with Gasteiger partial charge in [0.1, 0.15) is 0 Å². The Balaban J connectivity index is 2.24. The molecule has 12 heavy (non-hydrogen) atoms. The number of hydrogen-bond donors (Lipinski definition) is 0. The molecule has 0 N–H and O–H groups in total. The van der Waals surface area contributed by atoms with Gasteiger partial charge in [0, 0.05) is 17.1 Å². The zero-order valence-corrected chi connectivity index (χ0v) is 10.1. The molecule has 0 aromatic carbocycles. The van der Waals surface area contributed by atoms with Gasteiger partial charge in [-0.2, -0.15) is 0 Å². The van der Waals surface area contributed by atoms with E-state index in [1.807, 2.05) is 0 Å². The number of nitrogens with zero attached hydrogens (tertiary/aromatic N) is 1. The summed E-state index contributed by atoms with van der Waals surface area (Å²) in [6.45, 7) is 0.774. The second-order valence-corrected chi connectivity index (χ2v) is 5.34. The zero-order chi connectivity index (χ0) is 8.97. The molecule has 1 aliphatic rings. The van der Waals surface area contributed by atoms with Crippen LogP contribution in [-0.4, -0.2) is 35.8 Å². The van der Waals surface area contributed by atoms with Crippen LogP contribution in [0.2, 0.25) is 0 Å². The Labute approximate surface area is 88.8 Å². The van der Waals surface area contributed by atoms with Gasteiger partial charge in [0.15, 0.2) is 0 Å². The molecular formula is C9H18INO. The van der Waals surface area contributed by atoms with Gasteiger partial charge in [-0.15, -0.1) is 0 Å². The Hall–Kier alpha value is 0.650. The number of alkyl halides is 1. The summed E-state index contributed by atoms with van der Waals surface area (Å²) >= 11 is 2.56. The van der Waals surface area contributed by atoms with E-state index in [0.29, 0.717) is 0 Å². The summed E-state index contributed by atoms with van der Waals surface area (Å²) in [7, 11) is 3.92. The molecule has 0 atom stereocenters. The molecule has 0 aromatic rings. The number of methoxy groups -OCH3 is 1. The van der Waals surface area contributed by atoms with Crippen LogP contribution in [0.4, 0.5) is 0 Å². The number of rotatable bonds is 3. The van der Waals surface area contributed by atoms with E-state index in [4.69, 9.17) is 4.74 Å². The van der Waals surface area contributed by atoms with Crippen molar-refractivity contribution in [1.82, 2.24) is 4.90 Å². The Morgan fingerprint density at radius 1 is 1.33 bits per heavy atom. The first-order valence-corrected chi connectivity index (χ1v) is 5.82. The SMILES string of the molecule is COCN(C)C1CCC(I)CC1. The quantitative estimate of drug-likeness (QED) is 0.447. The van der Waals surface area contributed by atoms with E-state index in [1.165, 1.54) is 25.7 Å². The summed E-state index contributed by atoms with van der Waals surface area (Å²) in [5, 5.41) is 0. The third-order valence-electron chi connectivity index (χ3n) is 2.58. The maximum Gasteiger partial charge on any atom is 0.0986 e. The lowest BCUT2D eigenvalue weighted by molar-refractivity contribution is 0.0421. The molecule has 2 nitrogen and oxygen atoms in total. The topological polar surface area (TPSA) is 12.5 Å². The second kappa shape index (κ2) is 5.40. The van der Waals surface area contributed by atoms with Crippen molar-refractivity contribution in [2.24, 2.45) is 0 Å². The highest BCUT2D eigenvalue weighted by Gasteiger charge is 2.21. The van der Waals surface area contributed by atoms with Crippen LogP contribution in [0.3, 0.4) is 0 Å². The molecule has 0 spiro atoms. The first-order chi connectivity index (χ1) is 5.74. The monoisotopic (exact) mass is 283 g/mol. The molecule has 0 aliphatic heterocycles. The minimum Gasteiger partial charge on any atom is -0.369 e. The van der Waals surface area contributed by atoms with Crippen LogP contribution in [0.15, 0.2) is 0 Å². The molecule has 0 heterocycles. The lowest BCUT2D eigenvalue weighted by Gasteiger charge is -2.32. The van der Waals surface area contributed by atoms with E-state index >= 15 is 0 Å². The highest BCUT2D eigenvalue weighted by molar-refractivity contribution is 14.1. The van der Waals surface area contributed by atoms with Crippen LogP contribution in [-0.2, 0) is 4.74 Å². The van der Waals surface area contributed by atoms with Gasteiger partial charge in [-0.05, 0) is 32.7 Å². The summed E-state index contributed by atoms with van der Waals surface area (Å²) in [5.74, 6) is 0. The maximum atomic E-state index is 5.11. The molecule has 0 unspecified atom stereocenters. The molecule has 1 fully saturated rings. The van der Waals surface area contributed by atoms with Crippen LogP contribution in [0.1, 0.15) is 25.7 Å².